The van der Waals surface area contributed by atoms with E-state index in [1.807, 2.05) is 34.7 Å². The van der Waals surface area contributed by atoms with Crippen LogP contribution >= 0.6 is 11.3 Å². The zero-order valence-electron chi connectivity index (χ0n) is 11.8. The fourth-order valence-corrected chi connectivity index (χ4v) is 3.26. The summed E-state index contributed by atoms with van der Waals surface area (Å²) in [7, 11) is 0. The van der Waals surface area contributed by atoms with Gasteiger partial charge in [0.1, 0.15) is 5.69 Å². The van der Waals surface area contributed by atoms with Crippen molar-refractivity contribution in [2.75, 3.05) is 0 Å². The van der Waals surface area contributed by atoms with Crippen LogP contribution in [0.1, 0.15) is 37.0 Å². The van der Waals surface area contributed by atoms with Crippen LogP contribution in [0, 0.1) is 0 Å². The molecule has 0 spiro atoms. The van der Waals surface area contributed by atoms with Gasteiger partial charge in [0.25, 0.3) is 0 Å². The van der Waals surface area contributed by atoms with Gasteiger partial charge in [-0.3, -0.25) is 9.20 Å². The van der Waals surface area contributed by atoms with E-state index in [-0.39, 0.29) is 5.41 Å². The van der Waals surface area contributed by atoms with Gasteiger partial charge in [0, 0.05) is 10.8 Å². The molecule has 0 saturated carbocycles. The van der Waals surface area contributed by atoms with Crippen LogP contribution in [-0.4, -0.2) is 15.7 Å². The number of aromatic nitrogens is 2. The highest BCUT2D eigenvalue weighted by molar-refractivity contribution is 7.15. The smallest absolute Gasteiger partial charge is 0.195 e. The summed E-state index contributed by atoms with van der Waals surface area (Å²) in [6.45, 7) is 6.23. The summed E-state index contributed by atoms with van der Waals surface area (Å²) in [5.41, 5.74) is 3.50. The van der Waals surface area contributed by atoms with E-state index in [0.29, 0.717) is 5.69 Å². The molecule has 4 heteroatoms. The quantitative estimate of drug-likeness (QED) is 0.662. The number of thiazole rings is 1. The maximum absolute atomic E-state index is 11.6. The molecule has 0 aliphatic rings. The fraction of sp³-hybridized carbons (Fsp3) is 0.250. The van der Waals surface area contributed by atoms with E-state index in [2.05, 4.69) is 31.1 Å². The van der Waals surface area contributed by atoms with E-state index in [1.54, 1.807) is 11.3 Å². The predicted octanol–water partition coefficient (Wildman–Crippen LogP) is 4.17. The van der Waals surface area contributed by atoms with Crippen LogP contribution in [0.25, 0.3) is 16.2 Å². The summed E-state index contributed by atoms with van der Waals surface area (Å²) in [4.78, 5) is 17.1. The molecule has 2 heterocycles. The van der Waals surface area contributed by atoms with Crippen LogP contribution in [0.2, 0.25) is 0 Å². The second-order valence-corrected chi connectivity index (χ2v) is 6.66. The lowest BCUT2D eigenvalue weighted by Crippen LogP contribution is -2.14. The van der Waals surface area contributed by atoms with Crippen LogP contribution in [0.3, 0.4) is 0 Å². The molecule has 102 valence electrons. The van der Waals surface area contributed by atoms with E-state index >= 15 is 0 Å². The number of imidazole rings is 1. The number of carbonyl (C=O) groups is 1. The third-order valence-corrected chi connectivity index (χ3v) is 4.12. The maximum atomic E-state index is 11.6. The topological polar surface area (TPSA) is 34.4 Å². The van der Waals surface area contributed by atoms with Crippen molar-refractivity contribution >= 4 is 22.6 Å². The summed E-state index contributed by atoms with van der Waals surface area (Å²) in [6, 6.07) is 10.1. The van der Waals surface area contributed by atoms with Gasteiger partial charge in [-0.25, -0.2) is 4.98 Å². The van der Waals surface area contributed by atoms with E-state index in [9.17, 15) is 4.79 Å². The highest BCUT2D eigenvalue weighted by atomic mass is 32.1. The molecule has 0 amide bonds. The van der Waals surface area contributed by atoms with Crippen molar-refractivity contribution in [3.8, 4) is 11.3 Å². The van der Waals surface area contributed by atoms with Crippen LogP contribution < -0.4 is 0 Å². The average molecular weight is 284 g/mol. The number of rotatable bonds is 2. The summed E-state index contributed by atoms with van der Waals surface area (Å²) in [5.74, 6) is 0. The molecular formula is C16H16N2OS. The molecule has 0 aliphatic carbocycles. The first kappa shape index (κ1) is 13.1. The molecule has 3 aromatic rings. The molecule has 0 atom stereocenters. The molecule has 2 aromatic heterocycles. The molecule has 0 saturated heterocycles. The summed E-state index contributed by atoms with van der Waals surface area (Å²) < 4.78 is 1.97. The van der Waals surface area contributed by atoms with Crippen molar-refractivity contribution in [3.63, 3.8) is 0 Å². The Morgan fingerprint density at radius 2 is 1.90 bits per heavy atom. The zero-order chi connectivity index (χ0) is 14.3. The molecule has 0 fully saturated rings. The van der Waals surface area contributed by atoms with Gasteiger partial charge in [0.15, 0.2) is 11.2 Å². The molecule has 3 nitrogen and oxygen atoms in total. The molecule has 0 radical (unpaired) electrons. The van der Waals surface area contributed by atoms with Gasteiger partial charge in [-0.1, -0.05) is 51.1 Å². The lowest BCUT2D eigenvalue weighted by Gasteiger charge is -2.16. The Kier molecular flexibility index (Phi) is 2.98. The first-order valence-corrected chi connectivity index (χ1v) is 7.41. The summed E-state index contributed by atoms with van der Waals surface area (Å²) >= 11 is 1.57. The highest BCUT2D eigenvalue weighted by Crippen LogP contribution is 2.32. The Labute approximate surface area is 121 Å². The van der Waals surface area contributed by atoms with E-state index in [0.717, 1.165) is 28.2 Å². The largest absolute Gasteiger partial charge is 0.296 e. The van der Waals surface area contributed by atoms with Gasteiger partial charge >= 0.3 is 0 Å². The van der Waals surface area contributed by atoms with Gasteiger partial charge in [-0.15, -0.1) is 11.3 Å². The minimum Gasteiger partial charge on any atom is -0.296 e. The first-order valence-electron chi connectivity index (χ1n) is 6.53. The van der Waals surface area contributed by atoms with Crippen LogP contribution in [0.4, 0.5) is 0 Å². The van der Waals surface area contributed by atoms with Gasteiger partial charge in [-0.2, -0.15) is 0 Å². The normalized spacial score (nSPS) is 11.9. The Morgan fingerprint density at radius 1 is 1.20 bits per heavy atom. The monoisotopic (exact) mass is 284 g/mol. The van der Waals surface area contributed by atoms with Crippen molar-refractivity contribution in [1.82, 2.24) is 9.38 Å². The number of aldehydes is 1. The molecule has 0 unspecified atom stereocenters. The third-order valence-electron chi connectivity index (χ3n) is 3.29. The standard InChI is InChI=1S/C16H16N2OS/c1-16(2,3)14-12(9-19)18-13(10-20-15(18)17-14)11-7-5-4-6-8-11/h4-10H,1-3H3. The van der Waals surface area contributed by atoms with E-state index in [1.165, 1.54) is 0 Å². The maximum Gasteiger partial charge on any atom is 0.195 e. The van der Waals surface area contributed by atoms with Crippen LogP contribution in [0.15, 0.2) is 35.7 Å². The van der Waals surface area contributed by atoms with Gasteiger partial charge in [0.2, 0.25) is 0 Å². The number of hydrogen-bond acceptors (Lipinski definition) is 3. The lowest BCUT2D eigenvalue weighted by atomic mass is 9.91. The highest BCUT2D eigenvalue weighted by Gasteiger charge is 2.25. The van der Waals surface area contributed by atoms with Crippen molar-refractivity contribution in [2.45, 2.75) is 26.2 Å². The Balaban J connectivity index is 2.32. The number of benzene rings is 1. The summed E-state index contributed by atoms with van der Waals surface area (Å²) in [6.07, 6.45) is 0.916. The molecule has 0 aliphatic heterocycles. The van der Waals surface area contributed by atoms with Crippen molar-refractivity contribution in [3.05, 3.63) is 47.1 Å². The third kappa shape index (κ3) is 1.96. The minimum atomic E-state index is -0.143. The Morgan fingerprint density at radius 3 is 2.50 bits per heavy atom. The average Bonchev–Trinajstić information content (AvgIpc) is 2.97. The van der Waals surface area contributed by atoms with Crippen LogP contribution in [-0.2, 0) is 5.41 Å². The number of carbonyl (C=O) groups excluding carboxylic acids is 1. The number of nitrogens with zero attached hydrogens (tertiary/aromatic N) is 2. The molecular weight excluding hydrogens is 268 g/mol. The lowest BCUT2D eigenvalue weighted by molar-refractivity contribution is 0.111. The predicted molar refractivity (Wildman–Crippen MR) is 82.6 cm³/mol. The minimum absolute atomic E-state index is 0.143. The van der Waals surface area contributed by atoms with E-state index in [4.69, 9.17) is 0 Å². The van der Waals surface area contributed by atoms with Gasteiger partial charge in [-0.05, 0) is 5.56 Å². The van der Waals surface area contributed by atoms with Gasteiger partial charge < -0.3 is 0 Å². The second kappa shape index (κ2) is 4.56. The molecule has 1 aromatic carbocycles. The summed E-state index contributed by atoms with van der Waals surface area (Å²) in [5, 5.41) is 2.05. The van der Waals surface area contributed by atoms with Crippen molar-refractivity contribution in [1.29, 1.82) is 0 Å². The van der Waals surface area contributed by atoms with Gasteiger partial charge in [0.05, 0.1) is 11.4 Å². The van der Waals surface area contributed by atoms with Crippen LogP contribution in [0.5, 0.6) is 0 Å². The molecule has 0 bridgehead atoms. The van der Waals surface area contributed by atoms with E-state index < -0.39 is 0 Å². The van der Waals surface area contributed by atoms with Crippen molar-refractivity contribution in [2.24, 2.45) is 0 Å². The Hall–Kier alpha value is -1.94. The SMILES string of the molecule is CC(C)(C)c1nc2scc(-c3ccccc3)n2c1C=O. The zero-order valence-corrected chi connectivity index (χ0v) is 12.6. The number of fused-ring (bicyclic) bond motifs is 1. The number of hydrogen-bond donors (Lipinski definition) is 0. The second-order valence-electron chi connectivity index (χ2n) is 5.82. The fourth-order valence-electron chi connectivity index (χ4n) is 2.35. The first-order chi connectivity index (χ1) is 9.52. The molecule has 3 rings (SSSR count). The molecule has 0 N–H and O–H groups in total. The van der Waals surface area contributed by atoms with Crippen molar-refractivity contribution < 1.29 is 4.79 Å². The molecule has 20 heavy (non-hydrogen) atoms. The Bertz CT molecular complexity index is 763.